The van der Waals surface area contributed by atoms with Crippen LogP contribution < -0.4 is 5.32 Å². The number of carbonyl (C=O) groups excluding carboxylic acids is 2. The van der Waals surface area contributed by atoms with Crippen molar-refractivity contribution in [1.82, 2.24) is 10.3 Å². The van der Waals surface area contributed by atoms with Gasteiger partial charge in [-0.3, -0.25) is 10.3 Å². The average molecular weight is 470 g/mol. The number of nitrogens with one attached hydrogen (secondary N) is 1. The van der Waals surface area contributed by atoms with Gasteiger partial charge in [0, 0.05) is 26.9 Å². The van der Waals surface area contributed by atoms with Crippen molar-refractivity contribution in [1.29, 1.82) is 0 Å². The molecule has 2 aromatic rings. The van der Waals surface area contributed by atoms with E-state index in [1.165, 1.54) is 13.2 Å². The molecule has 0 saturated heterocycles. The Kier molecular flexibility index (Phi) is 7.15. The maximum Gasteiger partial charge on any atom is 0.412 e. The van der Waals surface area contributed by atoms with E-state index in [2.05, 4.69) is 42.2 Å². The fourth-order valence-corrected chi connectivity index (χ4v) is 2.99. The molecule has 0 radical (unpaired) electrons. The average Bonchev–Trinajstić information content (AvgIpc) is 2.62. The lowest BCUT2D eigenvalue weighted by molar-refractivity contribution is -0.136. The fraction of sp³-hybridized carbons (Fsp3) is 0.118. The second-order valence-corrected chi connectivity index (χ2v) is 6.46. The standard InChI is InChI=1S/C17H14Br2N2O4/c1-24-16(22)15(7-12-13(18)8-20-9-14(12)19)21-17(23)25-10-11-5-3-2-4-6-11/h2-9H,10H2,1H3,(H,21,23). The van der Waals surface area contributed by atoms with Crippen LogP contribution in [-0.2, 0) is 20.9 Å². The molecule has 6 nitrogen and oxygen atoms in total. The fourth-order valence-electron chi connectivity index (χ4n) is 1.83. The van der Waals surface area contributed by atoms with Crippen LogP contribution in [0.25, 0.3) is 6.08 Å². The van der Waals surface area contributed by atoms with Crippen molar-refractivity contribution in [3.05, 3.63) is 68.5 Å². The van der Waals surface area contributed by atoms with Crippen molar-refractivity contribution in [2.24, 2.45) is 0 Å². The lowest BCUT2D eigenvalue weighted by Gasteiger charge is -2.10. The van der Waals surface area contributed by atoms with Crippen LogP contribution >= 0.6 is 31.9 Å². The number of methoxy groups -OCH3 is 1. The van der Waals surface area contributed by atoms with E-state index in [-0.39, 0.29) is 12.3 Å². The van der Waals surface area contributed by atoms with Crippen molar-refractivity contribution in [3.8, 4) is 0 Å². The van der Waals surface area contributed by atoms with Crippen LogP contribution in [0.5, 0.6) is 0 Å². The first kappa shape index (κ1) is 19.1. The molecule has 2 rings (SSSR count). The molecule has 0 aliphatic heterocycles. The molecule has 1 aromatic carbocycles. The molecule has 1 N–H and O–H groups in total. The number of ether oxygens (including phenoxy) is 2. The second kappa shape index (κ2) is 9.33. The van der Waals surface area contributed by atoms with Crippen molar-refractivity contribution in [2.45, 2.75) is 6.61 Å². The summed E-state index contributed by atoms with van der Waals surface area (Å²) in [6.07, 6.45) is 3.84. The van der Waals surface area contributed by atoms with Crippen LogP contribution in [0.1, 0.15) is 11.1 Å². The van der Waals surface area contributed by atoms with Crippen molar-refractivity contribution in [3.63, 3.8) is 0 Å². The highest BCUT2D eigenvalue weighted by atomic mass is 79.9. The van der Waals surface area contributed by atoms with Crippen LogP contribution in [0.4, 0.5) is 4.79 Å². The molecule has 0 spiro atoms. The topological polar surface area (TPSA) is 77.5 Å². The molecule has 1 aromatic heterocycles. The third kappa shape index (κ3) is 5.68. The number of aromatic nitrogens is 1. The van der Waals surface area contributed by atoms with Gasteiger partial charge in [0.15, 0.2) is 0 Å². The quantitative estimate of drug-likeness (QED) is 0.528. The first-order chi connectivity index (χ1) is 12.0. The number of hydrogen-bond donors (Lipinski definition) is 1. The Morgan fingerprint density at radius 3 is 2.40 bits per heavy atom. The van der Waals surface area contributed by atoms with E-state index >= 15 is 0 Å². The summed E-state index contributed by atoms with van der Waals surface area (Å²) < 4.78 is 11.1. The third-order valence-electron chi connectivity index (χ3n) is 3.03. The number of benzene rings is 1. The van der Waals surface area contributed by atoms with E-state index in [1.54, 1.807) is 12.4 Å². The Labute approximate surface area is 161 Å². The molecule has 130 valence electrons. The highest BCUT2D eigenvalue weighted by Gasteiger charge is 2.16. The first-order valence-corrected chi connectivity index (χ1v) is 8.66. The molecule has 0 aliphatic rings. The molecule has 0 saturated carbocycles. The van der Waals surface area contributed by atoms with Crippen LogP contribution in [-0.4, -0.2) is 24.2 Å². The van der Waals surface area contributed by atoms with E-state index in [0.29, 0.717) is 14.5 Å². The molecular weight excluding hydrogens is 456 g/mol. The summed E-state index contributed by atoms with van der Waals surface area (Å²) >= 11 is 6.68. The molecule has 1 heterocycles. The smallest absolute Gasteiger partial charge is 0.412 e. The zero-order valence-electron chi connectivity index (χ0n) is 13.2. The number of amides is 1. The largest absolute Gasteiger partial charge is 0.464 e. The Bertz CT molecular complexity index is 774. The van der Waals surface area contributed by atoms with Crippen LogP contribution in [0.2, 0.25) is 0 Å². The van der Waals surface area contributed by atoms with Gasteiger partial charge in [0.25, 0.3) is 0 Å². The van der Waals surface area contributed by atoms with Gasteiger partial charge in [0.05, 0.1) is 7.11 Å². The van der Waals surface area contributed by atoms with Gasteiger partial charge in [-0.15, -0.1) is 0 Å². The van der Waals surface area contributed by atoms with Gasteiger partial charge in [-0.05, 0) is 43.5 Å². The van der Waals surface area contributed by atoms with Gasteiger partial charge < -0.3 is 9.47 Å². The van der Waals surface area contributed by atoms with Crippen LogP contribution in [0, 0.1) is 0 Å². The summed E-state index contributed by atoms with van der Waals surface area (Å²) in [6, 6.07) is 9.21. The molecule has 8 heteroatoms. The Balaban J connectivity index is 2.14. The third-order valence-corrected chi connectivity index (χ3v) is 4.30. The van der Waals surface area contributed by atoms with E-state index in [4.69, 9.17) is 9.47 Å². The van der Waals surface area contributed by atoms with Crippen LogP contribution in [0.15, 0.2) is 57.4 Å². The lowest BCUT2D eigenvalue weighted by atomic mass is 10.2. The SMILES string of the molecule is COC(=O)C(=Cc1c(Br)cncc1Br)NC(=O)OCc1ccccc1. The highest BCUT2D eigenvalue weighted by molar-refractivity contribution is 9.11. The minimum Gasteiger partial charge on any atom is -0.464 e. The van der Waals surface area contributed by atoms with Gasteiger partial charge in [0.1, 0.15) is 12.3 Å². The molecule has 0 unspecified atom stereocenters. The number of halogens is 2. The highest BCUT2D eigenvalue weighted by Crippen LogP contribution is 2.26. The molecular formula is C17H14Br2N2O4. The molecule has 1 amide bonds. The Morgan fingerprint density at radius 1 is 1.16 bits per heavy atom. The number of pyridine rings is 1. The Morgan fingerprint density at radius 2 is 1.80 bits per heavy atom. The van der Waals surface area contributed by atoms with E-state index in [9.17, 15) is 9.59 Å². The van der Waals surface area contributed by atoms with Gasteiger partial charge in [0.2, 0.25) is 0 Å². The molecule has 0 aliphatic carbocycles. The summed E-state index contributed by atoms with van der Waals surface area (Å²) in [6.45, 7) is 0.0871. The number of alkyl carbamates (subject to hydrolysis) is 1. The number of carbonyl (C=O) groups is 2. The maximum atomic E-state index is 12.0. The minimum atomic E-state index is -0.762. The van der Waals surface area contributed by atoms with E-state index in [0.717, 1.165) is 5.56 Å². The van der Waals surface area contributed by atoms with Crippen molar-refractivity contribution in [2.75, 3.05) is 7.11 Å². The Hall–Kier alpha value is -2.19. The van der Waals surface area contributed by atoms with E-state index < -0.39 is 12.1 Å². The predicted octanol–water partition coefficient (Wildman–Crippen LogP) is 4.05. The molecule has 0 atom stereocenters. The summed E-state index contributed by atoms with van der Waals surface area (Å²) in [4.78, 5) is 27.9. The van der Waals surface area contributed by atoms with Gasteiger partial charge in [-0.1, -0.05) is 30.3 Å². The van der Waals surface area contributed by atoms with Gasteiger partial charge in [-0.25, -0.2) is 9.59 Å². The van der Waals surface area contributed by atoms with Crippen LogP contribution in [0.3, 0.4) is 0 Å². The minimum absolute atomic E-state index is 0.0619. The number of esters is 1. The molecule has 0 fully saturated rings. The monoisotopic (exact) mass is 468 g/mol. The number of nitrogens with zero attached hydrogens (tertiary/aromatic N) is 1. The number of hydrogen-bond acceptors (Lipinski definition) is 5. The lowest BCUT2D eigenvalue weighted by Crippen LogP contribution is -2.28. The summed E-state index contributed by atoms with van der Waals surface area (Å²) in [7, 11) is 1.23. The van der Waals surface area contributed by atoms with Gasteiger partial charge >= 0.3 is 12.1 Å². The molecule has 0 bridgehead atoms. The zero-order chi connectivity index (χ0) is 18.2. The van der Waals surface area contributed by atoms with Gasteiger partial charge in [-0.2, -0.15) is 0 Å². The predicted molar refractivity (Wildman–Crippen MR) is 99.4 cm³/mol. The summed E-state index contributed by atoms with van der Waals surface area (Å²) in [5, 5.41) is 2.40. The zero-order valence-corrected chi connectivity index (χ0v) is 16.3. The maximum absolute atomic E-state index is 12.0. The van der Waals surface area contributed by atoms with E-state index in [1.807, 2.05) is 30.3 Å². The van der Waals surface area contributed by atoms with Crippen molar-refractivity contribution < 1.29 is 19.1 Å². The first-order valence-electron chi connectivity index (χ1n) is 7.08. The number of rotatable bonds is 5. The second-order valence-electron chi connectivity index (χ2n) is 4.75. The normalized spacial score (nSPS) is 10.9. The summed E-state index contributed by atoms with van der Waals surface area (Å²) in [5.74, 6) is -0.702. The van der Waals surface area contributed by atoms with Crippen molar-refractivity contribution >= 4 is 50.0 Å². The summed E-state index contributed by atoms with van der Waals surface area (Å²) in [5.41, 5.74) is 1.40. The molecule has 25 heavy (non-hydrogen) atoms.